The minimum Gasteiger partial charge on any atom is -0.455 e. The van der Waals surface area contributed by atoms with Crippen molar-refractivity contribution in [1.29, 1.82) is 0 Å². The molecule has 0 aromatic heterocycles. The molecule has 1 aromatic carbocycles. The lowest BCUT2D eigenvalue weighted by molar-refractivity contribution is -0.153. The van der Waals surface area contributed by atoms with Crippen LogP contribution in [0.1, 0.15) is 18.9 Å². The molecule has 1 amide bonds. The van der Waals surface area contributed by atoms with E-state index in [-0.39, 0.29) is 6.54 Å². The molecular weight excluding hydrogens is 320 g/mol. The van der Waals surface area contributed by atoms with Crippen molar-refractivity contribution in [2.45, 2.75) is 24.2 Å². The molecule has 1 aliphatic carbocycles. The van der Waals surface area contributed by atoms with Crippen LogP contribution in [0.5, 0.6) is 0 Å². The third-order valence-electron chi connectivity index (χ3n) is 3.48. The van der Waals surface area contributed by atoms with Gasteiger partial charge in [-0.2, -0.15) is 0 Å². The molecule has 7 heteroatoms. The third-order valence-corrected chi connectivity index (χ3v) is 4.58. The second-order valence-electron chi connectivity index (χ2n) is 5.16. The third kappa shape index (κ3) is 3.47. The van der Waals surface area contributed by atoms with Gasteiger partial charge in [0.25, 0.3) is 5.91 Å². The van der Waals surface area contributed by atoms with Crippen LogP contribution in [0.3, 0.4) is 0 Å². The molecule has 0 aliphatic heterocycles. The van der Waals surface area contributed by atoms with Crippen molar-refractivity contribution in [2.24, 2.45) is 5.41 Å². The number of carbonyl (C=O) groups is 2. The number of benzene rings is 1. The highest BCUT2D eigenvalue weighted by Crippen LogP contribution is 2.64. The number of rotatable bonds is 5. The van der Waals surface area contributed by atoms with Gasteiger partial charge in [0.2, 0.25) is 0 Å². The van der Waals surface area contributed by atoms with Gasteiger partial charge in [0.05, 0.1) is 0 Å². The first-order valence-corrected chi connectivity index (χ1v) is 7.07. The second-order valence-corrected chi connectivity index (χ2v) is 6.64. The van der Waals surface area contributed by atoms with Crippen LogP contribution in [-0.2, 0) is 20.9 Å². The van der Waals surface area contributed by atoms with Gasteiger partial charge in [-0.1, -0.05) is 18.2 Å². The van der Waals surface area contributed by atoms with Crippen LogP contribution in [-0.4, -0.2) is 22.8 Å². The Kier molecular flexibility index (Phi) is 4.44. The molecule has 1 unspecified atom stereocenters. The predicted molar refractivity (Wildman–Crippen MR) is 76.4 cm³/mol. The Bertz CT molecular complexity index is 579. The zero-order chi connectivity index (χ0) is 15.7. The van der Waals surface area contributed by atoms with Crippen molar-refractivity contribution >= 4 is 35.1 Å². The summed E-state index contributed by atoms with van der Waals surface area (Å²) in [5.74, 6) is -1.55. The smallest absolute Gasteiger partial charge is 0.315 e. The Morgan fingerprint density at radius 2 is 2.00 bits per heavy atom. The zero-order valence-corrected chi connectivity index (χ0v) is 12.8. The van der Waals surface area contributed by atoms with Crippen LogP contribution in [0.2, 0.25) is 0 Å². The van der Waals surface area contributed by atoms with Gasteiger partial charge in [0.1, 0.15) is 15.6 Å². The molecule has 21 heavy (non-hydrogen) atoms. The zero-order valence-electron chi connectivity index (χ0n) is 11.3. The summed E-state index contributed by atoms with van der Waals surface area (Å²) in [4.78, 5) is 23.3. The van der Waals surface area contributed by atoms with Crippen LogP contribution >= 0.6 is 23.2 Å². The number of alkyl halides is 2. The van der Waals surface area contributed by atoms with Gasteiger partial charge < -0.3 is 10.1 Å². The predicted octanol–water partition coefficient (Wildman–Crippen LogP) is 2.57. The van der Waals surface area contributed by atoms with E-state index < -0.39 is 34.0 Å². The molecule has 1 fully saturated rings. The fourth-order valence-electron chi connectivity index (χ4n) is 1.80. The molecule has 1 aromatic rings. The molecule has 0 radical (unpaired) electrons. The van der Waals surface area contributed by atoms with Crippen molar-refractivity contribution < 1.29 is 18.7 Å². The Morgan fingerprint density at radius 3 is 2.57 bits per heavy atom. The molecule has 1 saturated carbocycles. The molecule has 2 rings (SSSR count). The van der Waals surface area contributed by atoms with Crippen molar-refractivity contribution in [1.82, 2.24) is 5.32 Å². The maximum atomic E-state index is 13.3. The highest BCUT2D eigenvalue weighted by molar-refractivity contribution is 6.53. The first kappa shape index (κ1) is 16.0. The lowest BCUT2D eigenvalue weighted by atomic mass is 10.1. The summed E-state index contributed by atoms with van der Waals surface area (Å²) in [5, 5.41) is 2.47. The van der Waals surface area contributed by atoms with Gasteiger partial charge in [0, 0.05) is 18.5 Å². The molecule has 0 heterocycles. The molecule has 114 valence electrons. The number of esters is 1. The standard InChI is InChI=1S/C14H14Cl2FNO3/c1-13(8-14(13,15)16)12(20)21-7-11(19)18-6-9-4-2-3-5-10(9)17/h2-5H,6-8H2,1H3,(H,18,19). The quantitative estimate of drug-likeness (QED) is 0.665. The van der Waals surface area contributed by atoms with Gasteiger partial charge >= 0.3 is 5.97 Å². The summed E-state index contributed by atoms with van der Waals surface area (Å²) in [5.41, 5.74) is -0.617. The van der Waals surface area contributed by atoms with E-state index >= 15 is 0 Å². The van der Waals surface area contributed by atoms with Crippen LogP contribution in [0.25, 0.3) is 0 Å². The monoisotopic (exact) mass is 333 g/mol. The van der Waals surface area contributed by atoms with Crippen molar-refractivity contribution in [3.8, 4) is 0 Å². The number of carbonyl (C=O) groups excluding carboxylic acids is 2. The Labute approximate surface area is 131 Å². The Hall–Kier alpha value is -1.33. The highest BCUT2D eigenvalue weighted by Gasteiger charge is 2.69. The van der Waals surface area contributed by atoms with Crippen molar-refractivity contribution in [3.63, 3.8) is 0 Å². The van der Waals surface area contributed by atoms with E-state index in [9.17, 15) is 14.0 Å². The summed E-state index contributed by atoms with van der Waals surface area (Å²) >= 11 is 11.7. The van der Waals surface area contributed by atoms with E-state index in [0.717, 1.165) is 0 Å². The summed E-state index contributed by atoms with van der Waals surface area (Å²) in [6.45, 7) is 1.15. The number of amides is 1. The maximum Gasteiger partial charge on any atom is 0.315 e. The van der Waals surface area contributed by atoms with Crippen LogP contribution in [0.15, 0.2) is 24.3 Å². The number of nitrogens with one attached hydrogen (secondary N) is 1. The fraction of sp³-hybridized carbons (Fsp3) is 0.429. The molecule has 4 nitrogen and oxygen atoms in total. The number of ether oxygens (including phenoxy) is 1. The van der Waals surface area contributed by atoms with Gasteiger partial charge in [-0.3, -0.25) is 9.59 Å². The largest absolute Gasteiger partial charge is 0.455 e. The van der Waals surface area contributed by atoms with E-state index in [1.54, 1.807) is 25.1 Å². The summed E-state index contributed by atoms with van der Waals surface area (Å²) in [7, 11) is 0. The van der Waals surface area contributed by atoms with Crippen molar-refractivity contribution in [3.05, 3.63) is 35.6 Å². The normalized spacial score (nSPS) is 22.5. The average molecular weight is 334 g/mol. The summed E-state index contributed by atoms with van der Waals surface area (Å²) in [6.07, 6.45) is 0.290. The molecule has 1 N–H and O–H groups in total. The van der Waals surface area contributed by atoms with Gasteiger partial charge in [0.15, 0.2) is 6.61 Å². The molecular formula is C14H14Cl2FNO3. The maximum absolute atomic E-state index is 13.3. The first-order chi connectivity index (χ1) is 9.76. The van der Waals surface area contributed by atoms with Gasteiger partial charge in [-0.15, -0.1) is 23.2 Å². The topological polar surface area (TPSA) is 55.4 Å². The lowest BCUT2D eigenvalue weighted by Crippen LogP contribution is -2.31. The fourth-order valence-corrected chi connectivity index (χ4v) is 2.49. The van der Waals surface area contributed by atoms with E-state index in [1.165, 1.54) is 6.07 Å². The second kappa shape index (κ2) is 5.81. The van der Waals surface area contributed by atoms with Crippen LogP contribution < -0.4 is 5.32 Å². The van der Waals surface area contributed by atoms with Crippen LogP contribution in [0, 0.1) is 11.2 Å². The summed E-state index contributed by atoms with van der Waals surface area (Å²) < 4.78 is 17.1. The van der Waals surface area contributed by atoms with Gasteiger partial charge in [-0.25, -0.2) is 4.39 Å². The molecule has 1 aliphatic rings. The van der Waals surface area contributed by atoms with Crippen LogP contribution in [0.4, 0.5) is 4.39 Å². The minimum absolute atomic E-state index is 0.0231. The van der Waals surface area contributed by atoms with E-state index in [2.05, 4.69) is 5.32 Å². The Morgan fingerprint density at radius 1 is 1.38 bits per heavy atom. The number of hydrogen-bond donors (Lipinski definition) is 1. The number of halogens is 3. The molecule has 0 saturated heterocycles. The Balaban J connectivity index is 1.76. The van der Waals surface area contributed by atoms with E-state index in [1.807, 2.05) is 0 Å². The first-order valence-electron chi connectivity index (χ1n) is 6.31. The SMILES string of the molecule is CC1(C(=O)OCC(=O)NCc2ccccc2F)CC1(Cl)Cl. The molecule has 0 spiro atoms. The van der Waals surface area contributed by atoms with Crippen molar-refractivity contribution in [2.75, 3.05) is 6.61 Å². The van der Waals surface area contributed by atoms with E-state index in [4.69, 9.17) is 27.9 Å². The summed E-state index contributed by atoms with van der Waals surface area (Å²) in [6, 6.07) is 6.08. The minimum atomic E-state index is -1.13. The lowest BCUT2D eigenvalue weighted by Gasteiger charge is -2.12. The van der Waals surface area contributed by atoms with E-state index in [0.29, 0.717) is 12.0 Å². The van der Waals surface area contributed by atoms with Gasteiger partial charge in [-0.05, 0) is 13.0 Å². The average Bonchev–Trinajstić information content (AvgIpc) is 2.95. The molecule has 0 bridgehead atoms. The highest BCUT2D eigenvalue weighted by atomic mass is 35.5. The molecule has 1 atom stereocenters. The number of hydrogen-bond acceptors (Lipinski definition) is 3.